The largest absolute Gasteiger partial charge is 0.388 e. The minimum absolute atomic E-state index is 0.285. The smallest absolute Gasteiger partial charge is 0.125 e. The summed E-state index contributed by atoms with van der Waals surface area (Å²) < 4.78 is 13.1. The summed E-state index contributed by atoms with van der Waals surface area (Å²) in [5.41, 5.74) is 0.472. The molecule has 2 nitrogen and oxygen atoms in total. The summed E-state index contributed by atoms with van der Waals surface area (Å²) in [5, 5.41) is 12.8. The van der Waals surface area contributed by atoms with Crippen molar-refractivity contribution in [1.29, 1.82) is 0 Å². The van der Waals surface area contributed by atoms with E-state index < -0.39 is 11.9 Å². The monoisotopic (exact) mass is 257 g/mol. The lowest BCUT2D eigenvalue weighted by Crippen LogP contribution is -2.02. The summed E-state index contributed by atoms with van der Waals surface area (Å²) in [4.78, 5) is 4.06. The van der Waals surface area contributed by atoms with Gasteiger partial charge in [-0.15, -0.1) is 11.3 Å². The van der Waals surface area contributed by atoms with Crippen molar-refractivity contribution in [2.75, 3.05) is 0 Å². The molecule has 2 aromatic rings. The van der Waals surface area contributed by atoms with Gasteiger partial charge in [-0.25, -0.2) is 9.37 Å². The molecule has 0 fully saturated rings. The van der Waals surface area contributed by atoms with E-state index in [0.717, 1.165) is 5.01 Å². The molecule has 1 unspecified atom stereocenters. The molecule has 1 N–H and O–H groups in total. The zero-order chi connectivity index (χ0) is 11.5. The molecule has 0 saturated carbocycles. The summed E-state index contributed by atoms with van der Waals surface area (Å²) in [6.07, 6.45) is 1.27. The van der Waals surface area contributed by atoms with Crippen LogP contribution in [0.1, 0.15) is 16.7 Å². The van der Waals surface area contributed by atoms with E-state index in [2.05, 4.69) is 4.98 Å². The standard InChI is InChI=1S/C11H9ClFNOS/c12-8-3-7(4-9(13)5-8)10(15)6-11-14-1-2-16-11/h1-5,10,15H,6H2. The van der Waals surface area contributed by atoms with Gasteiger partial charge < -0.3 is 5.11 Å². The van der Waals surface area contributed by atoms with Crippen LogP contribution in [0, 0.1) is 5.82 Å². The highest BCUT2D eigenvalue weighted by Gasteiger charge is 2.12. The van der Waals surface area contributed by atoms with Crippen LogP contribution in [0.15, 0.2) is 29.8 Å². The normalized spacial score (nSPS) is 12.7. The fourth-order valence-corrected chi connectivity index (χ4v) is 2.29. The summed E-state index contributed by atoms with van der Waals surface area (Å²) in [7, 11) is 0. The molecule has 0 spiro atoms. The van der Waals surface area contributed by atoms with Gasteiger partial charge in [0, 0.05) is 23.0 Å². The van der Waals surface area contributed by atoms with E-state index in [-0.39, 0.29) is 5.02 Å². The van der Waals surface area contributed by atoms with E-state index in [1.165, 1.54) is 23.5 Å². The van der Waals surface area contributed by atoms with E-state index in [4.69, 9.17) is 11.6 Å². The molecule has 0 radical (unpaired) electrons. The number of aliphatic hydroxyl groups excluding tert-OH is 1. The average molecular weight is 258 g/mol. The lowest BCUT2D eigenvalue weighted by Gasteiger charge is -2.09. The second kappa shape index (κ2) is 4.91. The minimum Gasteiger partial charge on any atom is -0.388 e. The predicted molar refractivity (Wildman–Crippen MR) is 62.2 cm³/mol. The van der Waals surface area contributed by atoms with Crippen molar-refractivity contribution in [2.45, 2.75) is 12.5 Å². The van der Waals surface area contributed by atoms with Gasteiger partial charge in [0.1, 0.15) is 5.82 Å². The predicted octanol–water partition coefficient (Wildman–Crippen LogP) is 3.21. The van der Waals surface area contributed by atoms with Gasteiger partial charge in [-0.2, -0.15) is 0 Å². The molecule has 84 valence electrons. The number of halogens is 2. The number of aromatic nitrogens is 1. The van der Waals surface area contributed by atoms with Gasteiger partial charge in [-0.05, 0) is 23.8 Å². The van der Waals surface area contributed by atoms with Gasteiger partial charge in [-0.3, -0.25) is 0 Å². The number of nitrogens with zero attached hydrogens (tertiary/aromatic N) is 1. The van der Waals surface area contributed by atoms with Crippen molar-refractivity contribution in [3.8, 4) is 0 Å². The Kier molecular flexibility index (Phi) is 3.53. The van der Waals surface area contributed by atoms with Crippen molar-refractivity contribution in [3.05, 3.63) is 51.2 Å². The van der Waals surface area contributed by atoms with Crippen LogP contribution in [0.25, 0.3) is 0 Å². The quantitative estimate of drug-likeness (QED) is 0.916. The molecule has 1 heterocycles. The van der Waals surface area contributed by atoms with Gasteiger partial charge in [0.15, 0.2) is 0 Å². The SMILES string of the molecule is OC(Cc1nccs1)c1cc(F)cc(Cl)c1. The first kappa shape index (κ1) is 11.5. The third kappa shape index (κ3) is 2.78. The highest BCUT2D eigenvalue weighted by Crippen LogP contribution is 2.23. The van der Waals surface area contributed by atoms with E-state index in [0.29, 0.717) is 12.0 Å². The lowest BCUT2D eigenvalue weighted by molar-refractivity contribution is 0.178. The van der Waals surface area contributed by atoms with E-state index in [1.54, 1.807) is 12.3 Å². The van der Waals surface area contributed by atoms with Gasteiger partial charge in [0.25, 0.3) is 0 Å². The molecular weight excluding hydrogens is 249 g/mol. The Morgan fingerprint density at radius 2 is 2.25 bits per heavy atom. The molecule has 1 aromatic heterocycles. The summed E-state index contributed by atoms with van der Waals surface area (Å²) in [6, 6.07) is 4.05. The van der Waals surface area contributed by atoms with Crippen LogP contribution in [-0.2, 0) is 6.42 Å². The molecular formula is C11H9ClFNOS. The van der Waals surface area contributed by atoms with Crippen LogP contribution in [-0.4, -0.2) is 10.1 Å². The van der Waals surface area contributed by atoms with Gasteiger partial charge in [0.2, 0.25) is 0 Å². The first-order valence-corrected chi connectivity index (χ1v) is 5.93. The third-order valence-electron chi connectivity index (χ3n) is 2.12. The maximum Gasteiger partial charge on any atom is 0.125 e. The second-order valence-corrected chi connectivity index (χ2v) is 4.76. The van der Waals surface area contributed by atoms with E-state index >= 15 is 0 Å². The number of rotatable bonds is 3. The van der Waals surface area contributed by atoms with E-state index in [1.807, 2.05) is 5.38 Å². The topological polar surface area (TPSA) is 33.1 Å². The van der Waals surface area contributed by atoms with Crippen LogP contribution < -0.4 is 0 Å². The van der Waals surface area contributed by atoms with Crippen LogP contribution in [0.4, 0.5) is 4.39 Å². The molecule has 5 heteroatoms. The first-order valence-electron chi connectivity index (χ1n) is 4.67. The first-order chi connectivity index (χ1) is 7.65. The molecule has 0 aliphatic carbocycles. The van der Waals surface area contributed by atoms with Crippen LogP contribution >= 0.6 is 22.9 Å². The van der Waals surface area contributed by atoms with Crippen molar-refractivity contribution < 1.29 is 9.50 Å². The van der Waals surface area contributed by atoms with Crippen molar-refractivity contribution in [3.63, 3.8) is 0 Å². The summed E-state index contributed by atoms with van der Waals surface area (Å²) in [6.45, 7) is 0. The van der Waals surface area contributed by atoms with E-state index in [9.17, 15) is 9.50 Å². The van der Waals surface area contributed by atoms with Crippen molar-refractivity contribution in [1.82, 2.24) is 4.98 Å². The Morgan fingerprint density at radius 1 is 1.44 bits per heavy atom. The molecule has 0 saturated heterocycles. The Balaban J connectivity index is 2.17. The number of aliphatic hydroxyl groups is 1. The van der Waals surface area contributed by atoms with Crippen molar-refractivity contribution >= 4 is 22.9 Å². The summed E-state index contributed by atoms with van der Waals surface area (Å²) in [5.74, 6) is -0.444. The molecule has 0 aliphatic rings. The van der Waals surface area contributed by atoms with Crippen LogP contribution in [0.5, 0.6) is 0 Å². The number of hydrogen-bond acceptors (Lipinski definition) is 3. The Morgan fingerprint density at radius 3 is 2.88 bits per heavy atom. The second-order valence-electron chi connectivity index (χ2n) is 3.35. The maximum absolute atomic E-state index is 13.1. The highest BCUT2D eigenvalue weighted by atomic mass is 35.5. The van der Waals surface area contributed by atoms with Gasteiger partial charge in [0.05, 0.1) is 11.1 Å². The number of benzene rings is 1. The molecule has 16 heavy (non-hydrogen) atoms. The Labute approximate surface area is 101 Å². The van der Waals surface area contributed by atoms with Gasteiger partial charge in [-0.1, -0.05) is 11.6 Å². The number of hydrogen-bond donors (Lipinski definition) is 1. The fraction of sp³-hybridized carbons (Fsp3) is 0.182. The average Bonchev–Trinajstić information content (AvgIpc) is 2.68. The highest BCUT2D eigenvalue weighted by molar-refractivity contribution is 7.09. The molecule has 0 aliphatic heterocycles. The van der Waals surface area contributed by atoms with Crippen LogP contribution in [0.3, 0.4) is 0 Å². The van der Waals surface area contributed by atoms with Crippen molar-refractivity contribution in [2.24, 2.45) is 0 Å². The molecule has 0 bridgehead atoms. The lowest BCUT2D eigenvalue weighted by atomic mass is 10.1. The minimum atomic E-state index is -0.778. The van der Waals surface area contributed by atoms with Crippen LogP contribution in [0.2, 0.25) is 5.02 Å². The summed E-state index contributed by atoms with van der Waals surface area (Å²) >= 11 is 7.17. The van der Waals surface area contributed by atoms with Gasteiger partial charge >= 0.3 is 0 Å². The zero-order valence-corrected chi connectivity index (χ0v) is 9.80. The maximum atomic E-state index is 13.1. The Hall–Kier alpha value is -0.970. The molecule has 1 atom stereocenters. The Bertz CT molecular complexity index is 455. The number of thiazole rings is 1. The molecule has 0 amide bonds. The molecule has 1 aromatic carbocycles. The zero-order valence-electron chi connectivity index (χ0n) is 8.23. The molecule has 2 rings (SSSR count). The fourth-order valence-electron chi connectivity index (χ4n) is 1.40. The third-order valence-corrected chi connectivity index (χ3v) is 3.14.